The molecule has 4 aliphatic rings. The maximum absolute atomic E-state index is 11.3. The molecule has 45 heavy (non-hydrogen) atoms. The van der Waals surface area contributed by atoms with Crippen molar-refractivity contribution >= 4 is 0 Å². The molecule has 1 saturated carbocycles. The highest BCUT2D eigenvalue weighted by Gasteiger charge is 2.55. The van der Waals surface area contributed by atoms with Crippen LogP contribution in [-0.2, 0) is 38.2 Å². The summed E-state index contributed by atoms with van der Waals surface area (Å²) in [5.41, 5.74) is 24.5. The van der Waals surface area contributed by atoms with E-state index in [1.165, 1.54) is 0 Å². The standard InChI is InChI=1S/C25H48N4O16/c1-2-9-14(33)16(35)11(28)22(39-9)43-21-18(37)24(44-25(21)45-38-4-3-30)42-20-13(32)7(26)5-8(27)19(20)41-23-12(29)17(36)15(34)10(6-31)40-23/h7-25,30-37H,2-6,26-29H2,1H3. The summed E-state index contributed by atoms with van der Waals surface area (Å²) in [7, 11) is 0. The summed E-state index contributed by atoms with van der Waals surface area (Å²) < 4.78 is 34.8. The Bertz CT molecular complexity index is 913. The van der Waals surface area contributed by atoms with Gasteiger partial charge < -0.3 is 92.2 Å². The van der Waals surface area contributed by atoms with Crippen molar-refractivity contribution < 1.29 is 79.0 Å². The lowest BCUT2D eigenvalue weighted by Crippen LogP contribution is -2.68. The van der Waals surface area contributed by atoms with Gasteiger partial charge in [-0.1, -0.05) is 6.92 Å². The quantitative estimate of drug-likeness (QED) is 0.0525. The molecule has 0 aromatic heterocycles. The van der Waals surface area contributed by atoms with Gasteiger partial charge in [0.1, 0.15) is 61.5 Å². The average molecular weight is 661 g/mol. The fourth-order valence-corrected chi connectivity index (χ4v) is 5.80. The largest absolute Gasteiger partial charge is 0.394 e. The molecule has 1 aliphatic carbocycles. The van der Waals surface area contributed by atoms with Crippen LogP contribution in [0, 0.1) is 0 Å². The van der Waals surface area contributed by atoms with Gasteiger partial charge in [0.05, 0.1) is 37.5 Å². The van der Waals surface area contributed by atoms with Crippen LogP contribution < -0.4 is 22.9 Å². The summed E-state index contributed by atoms with van der Waals surface area (Å²) in [6.07, 6.45) is -20.7. The van der Waals surface area contributed by atoms with Gasteiger partial charge in [-0.25, -0.2) is 9.78 Å². The minimum absolute atomic E-state index is 0.0481. The summed E-state index contributed by atoms with van der Waals surface area (Å²) in [5, 5.41) is 82.2. The molecule has 4 rings (SSSR count). The molecule has 0 aromatic rings. The Kier molecular flexibility index (Phi) is 13.2. The first-order chi connectivity index (χ1) is 21.3. The molecule has 20 nitrogen and oxygen atoms in total. The van der Waals surface area contributed by atoms with E-state index in [0.717, 1.165) is 0 Å². The van der Waals surface area contributed by atoms with Gasteiger partial charge in [0.15, 0.2) is 18.9 Å². The number of ether oxygens (including phenoxy) is 6. The number of hydrogen-bond acceptors (Lipinski definition) is 20. The van der Waals surface area contributed by atoms with Gasteiger partial charge in [0.25, 0.3) is 0 Å². The Morgan fingerprint density at radius 1 is 0.600 bits per heavy atom. The molecule has 0 radical (unpaired) electrons. The lowest BCUT2D eigenvalue weighted by atomic mass is 9.84. The van der Waals surface area contributed by atoms with Crippen molar-refractivity contribution in [3.63, 3.8) is 0 Å². The summed E-state index contributed by atoms with van der Waals surface area (Å²) in [6, 6.07) is -4.36. The van der Waals surface area contributed by atoms with Gasteiger partial charge in [-0.05, 0) is 12.8 Å². The summed E-state index contributed by atoms with van der Waals surface area (Å²) in [4.78, 5) is 10.1. The maximum atomic E-state index is 11.3. The third kappa shape index (κ3) is 7.92. The van der Waals surface area contributed by atoms with Crippen molar-refractivity contribution in [3.8, 4) is 0 Å². The number of nitrogens with two attached hydrogens (primary N) is 4. The molecule has 0 aromatic carbocycles. The first-order valence-corrected chi connectivity index (χ1v) is 14.9. The van der Waals surface area contributed by atoms with Crippen LogP contribution >= 0.6 is 0 Å². The Hall–Kier alpha value is -0.800. The van der Waals surface area contributed by atoms with Crippen LogP contribution in [-0.4, -0.2) is 177 Å². The molecule has 19 unspecified atom stereocenters. The summed E-state index contributed by atoms with van der Waals surface area (Å²) >= 11 is 0. The molecular formula is C25H48N4O16. The van der Waals surface area contributed by atoms with Crippen molar-refractivity contribution in [1.29, 1.82) is 0 Å². The highest BCUT2D eigenvalue weighted by molar-refractivity contribution is 5.01. The van der Waals surface area contributed by atoms with Gasteiger partial charge in [0.2, 0.25) is 6.29 Å². The van der Waals surface area contributed by atoms with Gasteiger partial charge in [-0.15, -0.1) is 0 Å². The SMILES string of the molecule is CCC1OC(OC2C(OOCCO)OC(OC3C(O)C(N)CC(N)C3OC3OC(CO)C(O)C(O)C3N)C2O)C(N)C(O)C1O. The number of rotatable bonds is 12. The Morgan fingerprint density at radius 2 is 1.16 bits per heavy atom. The molecule has 0 bridgehead atoms. The van der Waals surface area contributed by atoms with Gasteiger partial charge >= 0.3 is 0 Å². The van der Waals surface area contributed by atoms with Crippen molar-refractivity contribution in [2.45, 2.75) is 136 Å². The second-order valence-electron chi connectivity index (χ2n) is 11.7. The second-order valence-corrected chi connectivity index (χ2v) is 11.7. The van der Waals surface area contributed by atoms with Crippen molar-refractivity contribution in [2.24, 2.45) is 22.9 Å². The number of hydrogen-bond donors (Lipinski definition) is 12. The van der Waals surface area contributed by atoms with Crippen LogP contribution in [0.5, 0.6) is 0 Å². The van der Waals surface area contributed by atoms with Crippen LogP contribution in [0.2, 0.25) is 0 Å². The lowest BCUT2D eigenvalue weighted by Gasteiger charge is -2.47. The van der Waals surface area contributed by atoms with E-state index >= 15 is 0 Å². The number of aliphatic hydroxyl groups excluding tert-OH is 8. The average Bonchev–Trinajstić information content (AvgIpc) is 3.30. The smallest absolute Gasteiger partial charge is 0.223 e. The van der Waals surface area contributed by atoms with Crippen LogP contribution in [0.3, 0.4) is 0 Å². The highest BCUT2D eigenvalue weighted by Crippen LogP contribution is 2.35. The highest BCUT2D eigenvalue weighted by atomic mass is 17.2. The molecule has 19 atom stereocenters. The molecule has 0 amide bonds. The van der Waals surface area contributed by atoms with E-state index in [9.17, 15) is 35.7 Å². The van der Waals surface area contributed by atoms with E-state index in [-0.39, 0.29) is 13.0 Å². The normalized spacial score (nSPS) is 51.0. The van der Waals surface area contributed by atoms with E-state index in [1.807, 2.05) is 0 Å². The molecule has 264 valence electrons. The molecule has 3 heterocycles. The van der Waals surface area contributed by atoms with Crippen LogP contribution in [0.1, 0.15) is 19.8 Å². The second kappa shape index (κ2) is 16.1. The fraction of sp³-hybridized carbons (Fsp3) is 1.00. The Balaban J connectivity index is 1.53. The fourth-order valence-electron chi connectivity index (χ4n) is 5.80. The van der Waals surface area contributed by atoms with Gasteiger partial charge in [-0.2, -0.15) is 0 Å². The molecule has 16 N–H and O–H groups in total. The van der Waals surface area contributed by atoms with Crippen molar-refractivity contribution in [3.05, 3.63) is 0 Å². The molecule has 20 heteroatoms. The van der Waals surface area contributed by atoms with Gasteiger partial charge in [-0.3, -0.25) is 0 Å². The topological polar surface area (TPSA) is 340 Å². The van der Waals surface area contributed by atoms with E-state index in [1.54, 1.807) is 6.92 Å². The van der Waals surface area contributed by atoms with Gasteiger partial charge in [0, 0.05) is 12.1 Å². The molecular weight excluding hydrogens is 612 g/mol. The Labute approximate surface area is 258 Å². The third-order valence-electron chi connectivity index (χ3n) is 8.51. The van der Waals surface area contributed by atoms with E-state index in [4.69, 9.17) is 66.2 Å². The zero-order valence-corrected chi connectivity index (χ0v) is 24.7. The van der Waals surface area contributed by atoms with E-state index in [2.05, 4.69) is 0 Å². The zero-order chi connectivity index (χ0) is 33.2. The maximum Gasteiger partial charge on any atom is 0.223 e. The monoisotopic (exact) mass is 660 g/mol. The zero-order valence-electron chi connectivity index (χ0n) is 24.7. The molecule has 3 saturated heterocycles. The lowest BCUT2D eigenvalue weighted by molar-refractivity contribution is -0.406. The van der Waals surface area contributed by atoms with Crippen LogP contribution in [0.15, 0.2) is 0 Å². The predicted molar refractivity (Wildman–Crippen MR) is 145 cm³/mol. The first-order valence-electron chi connectivity index (χ1n) is 14.9. The van der Waals surface area contributed by atoms with Crippen molar-refractivity contribution in [1.82, 2.24) is 0 Å². The first kappa shape index (κ1) is 37.0. The summed E-state index contributed by atoms with van der Waals surface area (Å²) in [6.45, 7) is 0.342. The third-order valence-corrected chi connectivity index (χ3v) is 8.51. The van der Waals surface area contributed by atoms with Crippen molar-refractivity contribution in [2.75, 3.05) is 19.8 Å². The molecule has 4 fully saturated rings. The number of aliphatic hydroxyl groups is 8. The van der Waals surface area contributed by atoms with E-state index < -0.39 is 130 Å². The molecule has 3 aliphatic heterocycles. The summed E-state index contributed by atoms with van der Waals surface area (Å²) in [5.74, 6) is 0. The van der Waals surface area contributed by atoms with Crippen LogP contribution in [0.25, 0.3) is 0 Å². The minimum Gasteiger partial charge on any atom is -0.394 e. The Morgan fingerprint density at radius 3 is 1.73 bits per heavy atom. The minimum atomic E-state index is -1.70. The molecule has 0 spiro atoms. The van der Waals surface area contributed by atoms with Crippen LogP contribution in [0.4, 0.5) is 0 Å². The predicted octanol–water partition coefficient (Wildman–Crippen LogP) is -7.50. The van der Waals surface area contributed by atoms with E-state index in [0.29, 0.717) is 6.42 Å².